The van der Waals surface area contributed by atoms with E-state index in [2.05, 4.69) is 56.9 Å². The Kier molecular flexibility index (Phi) is 12.3. The number of nitrogens with zero attached hydrogens (tertiary/aromatic N) is 3. The van der Waals surface area contributed by atoms with E-state index in [-0.39, 0.29) is 29.9 Å². The molecule has 0 spiro atoms. The Hall–Kier alpha value is -1.59. The summed E-state index contributed by atoms with van der Waals surface area (Å²) < 4.78 is 0. The van der Waals surface area contributed by atoms with E-state index >= 15 is 0 Å². The number of halogens is 1. The first-order valence-electron chi connectivity index (χ1n) is 12.0. The van der Waals surface area contributed by atoms with Gasteiger partial charge in [-0.25, -0.2) is 4.99 Å². The van der Waals surface area contributed by atoms with Gasteiger partial charge in [0.1, 0.15) is 0 Å². The van der Waals surface area contributed by atoms with Gasteiger partial charge in [0, 0.05) is 58.1 Å². The summed E-state index contributed by atoms with van der Waals surface area (Å²) in [4.78, 5) is 21.0. The van der Waals surface area contributed by atoms with Gasteiger partial charge in [-0.3, -0.25) is 9.69 Å². The molecule has 0 saturated carbocycles. The molecule has 2 heterocycles. The summed E-state index contributed by atoms with van der Waals surface area (Å²) in [5, 5.41) is 18.9. The third kappa shape index (κ3) is 8.94. The van der Waals surface area contributed by atoms with Crippen molar-refractivity contribution in [2.45, 2.75) is 45.2 Å². The zero-order valence-electron chi connectivity index (χ0n) is 20.1. The molecule has 1 aromatic rings. The Morgan fingerprint density at radius 1 is 1.09 bits per heavy atom. The van der Waals surface area contributed by atoms with E-state index in [9.17, 15) is 9.90 Å². The molecular weight excluding hydrogens is 531 g/mol. The van der Waals surface area contributed by atoms with E-state index < -0.39 is 0 Å². The van der Waals surface area contributed by atoms with Crippen molar-refractivity contribution in [2.24, 2.45) is 10.9 Å². The minimum Gasteiger partial charge on any atom is -0.396 e. The lowest BCUT2D eigenvalue weighted by atomic mass is 9.97. The molecule has 0 aliphatic carbocycles. The Labute approximate surface area is 215 Å². The molecule has 1 aromatic carbocycles. The van der Waals surface area contributed by atoms with Gasteiger partial charge in [-0.05, 0) is 56.2 Å². The van der Waals surface area contributed by atoms with Crippen molar-refractivity contribution < 1.29 is 9.90 Å². The van der Waals surface area contributed by atoms with Crippen LogP contribution in [0.5, 0.6) is 0 Å². The highest BCUT2D eigenvalue weighted by molar-refractivity contribution is 14.0. The topological polar surface area (TPSA) is 92.2 Å². The molecule has 1 amide bonds. The van der Waals surface area contributed by atoms with Crippen LogP contribution in [0, 0.1) is 5.92 Å². The van der Waals surface area contributed by atoms with Crippen molar-refractivity contribution in [3.05, 3.63) is 29.8 Å². The molecule has 0 atom stereocenters. The van der Waals surface area contributed by atoms with Crippen molar-refractivity contribution in [1.29, 1.82) is 0 Å². The average Bonchev–Trinajstić information content (AvgIpc) is 2.84. The predicted octanol–water partition coefficient (Wildman–Crippen LogP) is 1.78. The van der Waals surface area contributed by atoms with Crippen LogP contribution >= 0.6 is 24.0 Å². The fourth-order valence-corrected chi connectivity index (χ4v) is 4.39. The molecule has 0 bridgehead atoms. The summed E-state index contributed by atoms with van der Waals surface area (Å²) in [7, 11) is 1.68. The predicted molar refractivity (Wildman–Crippen MR) is 145 cm³/mol. The van der Waals surface area contributed by atoms with Crippen LogP contribution < -0.4 is 20.9 Å². The van der Waals surface area contributed by atoms with Crippen molar-refractivity contribution in [2.75, 3.05) is 57.8 Å². The van der Waals surface area contributed by atoms with Gasteiger partial charge >= 0.3 is 0 Å². The molecular formula is C24H41IN6O2. The highest BCUT2D eigenvalue weighted by atomic mass is 127. The second kappa shape index (κ2) is 14.6. The summed E-state index contributed by atoms with van der Waals surface area (Å²) in [5.41, 5.74) is 2.44. The number of aliphatic imine (C=N–C) groups is 1. The van der Waals surface area contributed by atoms with Crippen LogP contribution in [0.3, 0.4) is 0 Å². The first-order chi connectivity index (χ1) is 15.6. The number of likely N-dealkylation sites (tertiary alicyclic amines) is 1. The summed E-state index contributed by atoms with van der Waals surface area (Å²) in [5.74, 6) is 1.39. The van der Waals surface area contributed by atoms with Crippen molar-refractivity contribution in [1.82, 2.24) is 20.9 Å². The van der Waals surface area contributed by atoms with Gasteiger partial charge in [0.05, 0.1) is 13.1 Å². The van der Waals surface area contributed by atoms with Crippen LogP contribution in [-0.2, 0) is 11.3 Å². The number of guanidine groups is 1. The average molecular weight is 573 g/mol. The maximum absolute atomic E-state index is 11.6. The Bertz CT molecular complexity index is 729. The van der Waals surface area contributed by atoms with Gasteiger partial charge in [0.25, 0.3) is 0 Å². The van der Waals surface area contributed by atoms with Gasteiger partial charge in [-0.1, -0.05) is 12.1 Å². The lowest BCUT2D eigenvalue weighted by Crippen LogP contribution is -2.50. The van der Waals surface area contributed by atoms with Gasteiger partial charge < -0.3 is 26.0 Å². The van der Waals surface area contributed by atoms with Crippen molar-refractivity contribution in [3.8, 4) is 0 Å². The number of anilines is 1. The minimum atomic E-state index is 0. The number of carbonyl (C=O) groups excluding carboxylic acids is 1. The number of nitrogens with one attached hydrogen (secondary N) is 3. The molecule has 2 fully saturated rings. The highest BCUT2D eigenvalue weighted by Gasteiger charge is 2.21. The van der Waals surface area contributed by atoms with E-state index in [1.54, 1.807) is 7.05 Å². The van der Waals surface area contributed by atoms with Crippen LogP contribution in [0.1, 0.15) is 38.2 Å². The molecule has 3 rings (SSSR count). The van der Waals surface area contributed by atoms with Gasteiger partial charge in [0.15, 0.2) is 5.96 Å². The molecule has 2 aliphatic heterocycles. The Morgan fingerprint density at radius 2 is 1.76 bits per heavy atom. The highest BCUT2D eigenvalue weighted by Crippen LogP contribution is 2.23. The fraction of sp³-hybridized carbons (Fsp3) is 0.667. The third-order valence-corrected chi connectivity index (χ3v) is 6.51. The largest absolute Gasteiger partial charge is 0.396 e. The SMILES string of the molecule is CCNC(=NCc1ccc(N2CCC(CO)CC2)cc1)NC1CCN(CC(=O)NC)CC1.I. The summed E-state index contributed by atoms with van der Waals surface area (Å²) in [6, 6.07) is 9.08. The van der Waals surface area contributed by atoms with Crippen LogP contribution in [0.2, 0.25) is 0 Å². The summed E-state index contributed by atoms with van der Waals surface area (Å²) in [6.07, 6.45) is 4.13. The lowest BCUT2D eigenvalue weighted by molar-refractivity contribution is -0.122. The fourth-order valence-electron chi connectivity index (χ4n) is 4.39. The molecule has 0 radical (unpaired) electrons. The number of benzene rings is 1. The molecule has 2 saturated heterocycles. The van der Waals surface area contributed by atoms with Gasteiger partial charge in [0.2, 0.25) is 5.91 Å². The van der Waals surface area contributed by atoms with Crippen LogP contribution in [-0.4, -0.2) is 80.8 Å². The van der Waals surface area contributed by atoms with E-state index in [1.165, 1.54) is 11.3 Å². The van der Waals surface area contributed by atoms with Crippen molar-refractivity contribution in [3.63, 3.8) is 0 Å². The first-order valence-corrected chi connectivity index (χ1v) is 12.0. The Balaban J connectivity index is 0.00000385. The zero-order chi connectivity index (χ0) is 22.8. The number of aliphatic hydroxyl groups excluding tert-OH is 1. The molecule has 0 aromatic heterocycles. The summed E-state index contributed by atoms with van der Waals surface area (Å²) in [6.45, 7) is 8.19. The zero-order valence-corrected chi connectivity index (χ0v) is 22.4. The number of piperidine rings is 2. The van der Waals surface area contributed by atoms with Crippen LogP contribution in [0.4, 0.5) is 5.69 Å². The van der Waals surface area contributed by atoms with Crippen LogP contribution in [0.15, 0.2) is 29.3 Å². The maximum Gasteiger partial charge on any atom is 0.233 e. The standard InChI is InChI=1S/C24H40N6O2.HI/c1-3-26-24(28-21-10-12-29(13-11-21)17-23(32)25-2)27-16-19-4-6-22(7-5-19)30-14-8-20(18-31)9-15-30;/h4-7,20-21,31H,3,8-18H2,1-2H3,(H,25,32)(H2,26,27,28);1H. The lowest BCUT2D eigenvalue weighted by Gasteiger charge is -2.33. The van der Waals surface area contributed by atoms with E-state index in [4.69, 9.17) is 4.99 Å². The number of aliphatic hydroxyl groups is 1. The smallest absolute Gasteiger partial charge is 0.233 e. The maximum atomic E-state index is 11.6. The quantitative estimate of drug-likeness (QED) is 0.216. The van der Waals surface area contributed by atoms with Gasteiger partial charge in [-0.15, -0.1) is 24.0 Å². The second-order valence-corrected chi connectivity index (χ2v) is 8.84. The molecule has 0 unspecified atom stereocenters. The molecule has 4 N–H and O–H groups in total. The van der Waals surface area contributed by atoms with Crippen molar-refractivity contribution >= 4 is 41.5 Å². The Morgan fingerprint density at radius 3 is 2.33 bits per heavy atom. The molecule has 9 heteroatoms. The van der Waals surface area contributed by atoms with E-state index in [0.717, 1.165) is 64.4 Å². The number of rotatable bonds is 8. The number of hydrogen-bond donors (Lipinski definition) is 4. The normalized spacial score (nSPS) is 18.5. The monoisotopic (exact) mass is 572 g/mol. The van der Waals surface area contributed by atoms with E-state index in [0.29, 0.717) is 31.7 Å². The molecule has 2 aliphatic rings. The minimum absolute atomic E-state index is 0. The summed E-state index contributed by atoms with van der Waals surface area (Å²) >= 11 is 0. The second-order valence-electron chi connectivity index (χ2n) is 8.84. The molecule has 33 heavy (non-hydrogen) atoms. The van der Waals surface area contributed by atoms with Gasteiger partial charge in [-0.2, -0.15) is 0 Å². The number of hydrogen-bond acceptors (Lipinski definition) is 5. The number of likely N-dealkylation sites (N-methyl/N-ethyl adjacent to an activating group) is 1. The number of carbonyl (C=O) groups is 1. The first kappa shape index (κ1) is 27.7. The third-order valence-electron chi connectivity index (χ3n) is 6.51. The number of amides is 1. The molecule has 8 nitrogen and oxygen atoms in total. The van der Waals surface area contributed by atoms with E-state index in [1.807, 2.05) is 0 Å². The molecule has 186 valence electrons. The van der Waals surface area contributed by atoms with Crippen LogP contribution in [0.25, 0.3) is 0 Å².